The Bertz CT molecular complexity index is 241. The molecular weight excluding hydrogens is 198 g/mol. The second-order valence-corrected chi connectivity index (χ2v) is 3.64. The maximum atomic E-state index is 11.6. The molecule has 0 heterocycles. The van der Waals surface area contributed by atoms with Gasteiger partial charge in [0.1, 0.15) is 0 Å². The molecule has 0 rings (SSSR count). The van der Waals surface area contributed by atoms with E-state index in [9.17, 15) is 4.79 Å². The minimum atomic E-state index is -0.644. The van der Waals surface area contributed by atoms with Gasteiger partial charge >= 0.3 is 0 Å². The minimum Gasteiger partial charge on any atom is -0.409 e. The Balaban J connectivity index is 4.20. The number of carbonyl (C=O) groups excluding carboxylic acids is 1. The first-order chi connectivity index (χ1) is 6.90. The van der Waals surface area contributed by atoms with Crippen molar-refractivity contribution in [2.45, 2.75) is 26.4 Å². The Morgan fingerprint density at radius 2 is 2.07 bits per heavy atom. The molecule has 0 fully saturated rings. The van der Waals surface area contributed by atoms with Crippen LogP contribution in [0.2, 0.25) is 0 Å². The van der Waals surface area contributed by atoms with E-state index in [4.69, 9.17) is 16.0 Å². The number of amides is 1. The van der Waals surface area contributed by atoms with E-state index in [0.717, 1.165) is 0 Å². The zero-order valence-corrected chi connectivity index (χ0v) is 9.34. The highest BCUT2D eigenvalue weighted by Gasteiger charge is 2.21. The zero-order valence-electron chi connectivity index (χ0n) is 9.34. The fourth-order valence-corrected chi connectivity index (χ4v) is 1.03. The number of hydrogen-bond acceptors (Lipinski definition) is 4. The minimum absolute atomic E-state index is 0.108. The van der Waals surface area contributed by atoms with E-state index in [2.05, 4.69) is 5.16 Å². The molecule has 0 bridgehead atoms. The fraction of sp³-hybridized carbons (Fsp3) is 0.778. The Morgan fingerprint density at radius 3 is 2.47 bits per heavy atom. The molecule has 0 saturated heterocycles. The molecule has 0 aliphatic carbocycles. The van der Waals surface area contributed by atoms with E-state index in [1.54, 1.807) is 20.9 Å². The van der Waals surface area contributed by atoms with Crippen LogP contribution in [0.4, 0.5) is 0 Å². The van der Waals surface area contributed by atoms with Crippen molar-refractivity contribution in [3.63, 3.8) is 0 Å². The molecular formula is C9H19N3O3. The lowest BCUT2D eigenvalue weighted by atomic mass is 10.1. The van der Waals surface area contributed by atoms with E-state index >= 15 is 0 Å². The van der Waals surface area contributed by atoms with Gasteiger partial charge in [0.15, 0.2) is 5.84 Å². The highest BCUT2D eigenvalue weighted by atomic mass is 16.4. The number of carbonyl (C=O) groups is 1. The average molecular weight is 217 g/mol. The third-order valence-corrected chi connectivity index (χ3v) is 2.19. The Labute approximate surface area is 89.4 Å². The molecule has 0 aliphatic heterocycles. The molecule has 88 valence electrons. The van der Waals surface area contributed by atoms with Gasteiger partial charge in [-0.15, -0.1) is 0 Å². The first kappa shape index (κ1) is 13.7. The number of amidine groups is 1. The number of nitrogens with zero attached hydrogens (tertiary/aromatic N) is 2. The summed E-state index contributed by atoms with van der Waals surface area (Å²) in [4.78, 5) is 13.1. The predicted molar refractivity (Wildman–Crippen MR) is 56.5 cm³/mol. The maximum Gasteiger partial charge on any atom is 0.232 e. The standard InChI is InChI=1S/C9H19N3O3/c1-6(13)4-5-12(3)9(14)7(2)8(10)11-15/h6-7,13,15H,4-5H2,1-3H3,(H2,10,11). The molecule has 2 unspecified atom stereocenters. The first-order valence-corrected chi connectivity index (χ1v) is 4.80. The largest absolute Gasteiger partial charge is 0.409 e. The Hall–Kier alpha value is -1.30. The van der Waals surface area contributed by atoms with Crippen LogP contribution >= 0.6 is 0 Å². The van der Waals surface area contributed by atoms with Crippen LogP contribution in [-0.4, -0.2) is 46.7 Å². The van der Waals surface area contributed by atoms with Gasteiger partial charge in [-0.1, -0.05) is 5.16 Å². The molecule has 0 spiro atoms. The van der Waals surface area contributed by atoms with E-state index in [0.29, 0.717) is 13.0 Å². The van der Waals surface area contributed by atoms with Gasteiger partial charge < -0.3 is 20.9 Å². The van der Waals surface area contributed by atoms with E-state index in [-0.39, 0.29) is 11.7 Å². The summed E-state index contributed by atoms with van der Waals surface area (Å²) >= 11 is 0. The molecule has 0 radical (unpaired) electrons. The monoisotopic (exact) mass is 217 g/mol. The molecule has 1 amide bonds. The van der Waals surface area contributed by atoms with Crippen LogP contribution in [0.3, 0.4) is 0 Å². The molecule has 15 heavy (non-hydrogen) atoms. The van der Waals surface area contributed by atoms with Crippen LogP contribution in [-0.2, 0) is 4.79 Å². The average Bonchev–Trinajstić information content (AvgIpc) is 2.22. The van der Waals surface area contributed by atoms with Crippen LogP contribution in [0.5, 0.6) is 0 Å². The summed E-state index contributed by atoms with van der Waals surface area (Å²) in [5.41, 5.74) is 5.31. The van der Waals surface area contributed by atoms with E-state index < -0.39 is 12.0 Å². The maximum absolute atomic E-state index is 11.6. The number of rotatable bonds is 5. The molecule has 2 atom stereocenters. The van der Waals surface area contributed by atoms with Gasteiger partial charge in [-0.3, -0.25) is 4.79 Å². The third-order valence-electron chi connectivity index (χ3n) is 2.19. The summed E-state index contributed by atoms with van der Waals surface area (Å²) in [6.45, 7) is 3.67. The summed E-state index contributed by atoms with van der Waals surface area (Å²) in [5.74, 6) is -0.983. The lowest BCUT2D eigenvalue weighted by Crippen LogP contribution is -2.39. The molecule has 4 N–H and O–H groups in total. The number of hydrogen-bond donors (Lipinski definition) is 3. The SMILES string of the molecule is CC(O)CCN(C)C(=O)C(C)C(N)=NO. The highest BCUT2D eigenvalue weighted by Crippen LogP contribution is 2.02. The van der Waals surface area contributed by atoms with Crippen molar-refractivity contribution >= 4 is 11.7 Å². The van der Waals surface area contributed by atoms with E-state index in [1.165, 1.54) is 4.90 Å². The summed E-state index contributed by atoms with van der Waals surface area (Å²) in [6.07, 6.45) is 0.0601. The lowest BCUT2D eigenvalue weighted by molar-refractivity contribution is -0.131. The van der Waals surface area contributed by atoms with Crippen LogP contribution in [0.1, 0.15) is 20.3 Å². The number of nitrogens with two attached hydrogens (primary N) is 1. The summed E-state index contributed by atoms with van der Waals surface area (Å²) in [6, 6.07) is 0. The van der Waals surface area contributed by atoms with Crippen molar-refractivity contribution in [2.24, 2.45) is 16.8 Å². The Kier molecular flexibility index (Phi) is 5.69. The lowest BCUT2D eigenvalue weighted by Gasteiger charge is -2.21. The molecule has 0 aromatic heterocycles. The molecule has 0 aliphatic rings. The van der Waals surface area contributed by atoms with Crippen LogP contribution in [0.25, 0.3) is 0 Å². The smallest absolute Gasteiger partial charge is 0.232 e. The van der Waals surface area contributed by atoms with Crippen LogP contribution < -0.4 is 5.73 Å². The quantitative estimate of drug-likeness (QED) is 0.252. The fourth-order valence-electron chi connectivity index (χ4n) is 1.03. The molecule has 0 aromatic rings. The molecule has 0 saturated carbocycles. The molecule has 0 aromatic carbocycles. The Morgan fingerprint density at radius 1 is 1.53 bits per heavy atom. The van der Waals surface area contributed by atoms with Crippen LogP contribution in [0, 0.1) is 5.92 Å². The number of aliphatic hydroxyl groups excluding tert-OH is 1. The van der Waals surface area contributed by atoms with Crippen molar-refractivity contribution in [3.8, 4) is 0 Å². The predicted octanol–water partition coefficient (Wildman–Crippen LogP) is -0.402. The van der Waals surface area contributed by atoms with Gasteiger partial charge in [0.25, 0.3) is 0 Å². The third kappa shape index (κ3) is 4.64. The number of aliphatic hydroxyl groups is 1. The molecule has 6 heteroatoms. The van der Waals surface area contributed by atoms with Crippen molar-refractivity contribution in [3.05, 3.63) is 0 Å². The van der Waals surface area contributed by atoms with Gasteiger partial charge in [-0.05, 0) is 20.3 Å². The highest BCUT2D eigenvalue weighted by molar-refractivity contribution is 6.01. The van der Waals surface area contributed by atoms with Crippen molar-refractivity contribution < 1.29 is 15.1 Å². The summed E-state index contributed by atoms with van der Waals surface area (Å²) in [5, 5.41) is 20.2. The van der Waals surface area contributed by atoms with E-state index in [1.807, 2.05) is 0 Å². The summed E-state index contributed by atoms with van der Waals surface area (Å²) in [7, 11) is 1.62. The number of oxime groups is 1. The van der Waals surface area contributed by atoms with Gasteiger partial charge in [0, 0.05) is 13.6 Å². The van der Waals surface area contributed by atoms with Gasteiger partial charge in [0.2, 0.25) is 5.91 Å². The normalized spacial score (nSPS) is 15.9. The topological polar surface area (TPSA) is 99.2 Å². The van der Waals surface area contributed by atoms with Gasteiger partial charge in [-0.25, -0.2) is 0 Å². The van der Waals surface area contributed by atoms with Gasteiger partial charge in [0.05, 0.1) is 12.0 Å². The molecule has 6 nitrogen and oxygen atoms in total. The zero-order chi connectivity index (χ0) is 12.0. The first-order valence-electron chi connectivity index (χ1n) is 4.80. The second kappa shape index (κ2) is 6.23. The van der Waals surface area contributed by atoms with Crippen LogP contribution in [0.15, 0.2) is 5.16 Å². The van der Waals surface area contributed by atoms with Crippen molar-refractivity contribution in [1.29, 1.82) is 0 Å². The van der Waals surface area contributed by atoms with Crippen molar-refractivity contribution in [2.75, 3.05) is 13.6 Å². The van der Waals surface area contributed by atoms with Gasteiger partial charge in [-0.2, -0.15) is 0 Å². The second-order valence-electron chi connectivity index (χ2n) is 3.64. The summed E-state index contributed by atoms with van der Waals surface area (Å²) < 4.78 is 0. The van der Waals surface area contributed by atoms with Crippen molar-refractivity contribution in [1.82, 2.24) is 4.90 Å².